The number of morpholine rings is 1. The number of ether oxygens (including phenoxy) is 1. The summed E-state index contributed by atoms with van der Waals surface area (Å²) in [4.78, 5) is 17.4. The Morgan fingerprint density at radius 2 is 1.84 bits per heavy atom. The van der Waals surface area contributed by atoms with E-state index in [0.717, 1.165) is 0 Å². The molecule has 4 rings (SSSR count). The lowest BCUT2D eigenvalue weighted by molar-refractivity contribution is 0.0730. The van der Waals surface area contributed by atoms with Gasteiger partial charge in [0.2, 0.25) is 10.0 Å². The molecule has 0 aliphatic carbocycles. The van der Waals surface area contributed by atoms with Crippen LogP contribution in [0.3, 0.4) is 0 Å². The van der Waals surface area contributed by atoms with Crippen molar-refractivity contribution in [1.82, 2.24) is 9.29 Å². The molecule has 1 fully saturated rings. The molecule has 1 N–H and O–H groups in total. The molecule has 31 heavy (non-hydrogen) atoms. The number of pyridine rings is 1. The molecular weight excluding hydrogens is 421 g/mol. The molecule has 1 amide bonds. The highest BCUT2D eigenvalue weighted by atomic mass is 32.2. The van der Waals surface area contributed by atoms with E-state index < -0.39 is 21.7 Å². The van der Waals surface area contributed by atoms with Gasteiger partial charge in [0.15, 0.2) is 0 Å². The van der Waals surface area contributed by atoms with Gasteiger partial charge in [0, 0.05) is 35.9 Å². The molecule has 1 aromatic heterocycles. The first-order chi connectivity index (χ1) is 14.8. The predicted molar refractivity (Wildman–Crippen MR) is 115 cm³/mol. The van der Waals surface area contributed by atoms with Crippen LogP contribution in [0.15, 0.2) is 47.4 Å². The molecule has 2 heterocycles. The number of carbonyl (C=O) groups is 1. The molecule has 1 saturated heterocycles. The van der Waals surface area contributed by atoms with Crippen LogP contribution in [-0.4, -0.2) is 49.9 Å². The molecule has 7 nitrogen and oxygen atoms in total. The zero-order chi connectivity index (χ0) is 22.2. The molecule has 0 bridgehead atoms. The number of carbonyl (C=O) groups excluding carboxylic acids is 1. The van der Waals surface area contributed by atoms with Gasteiger partial charge in [-0.05, 0) is 49.7 Å². The van der Waals surface area contributed by atoms with Gasteiger partial charge in [-0.1, -0.05) is 6.07 Å². The summed E-state index contributed by atoms with van der Waals surface area (Å²) >= 11 is 0. The highest BCUT2D eigenvalue weighted by molar-refractivity contribution is 7.89. The molecule has 1 aliphatic heterocycles. The van der Waals surface area contributed by atoms with Gasteiger partial charge >= 0.3 is 0 Å². The summed E-state index contributed by atoms with van der Waals surface area (Å²) in [5.74, 6) is -0.867. The fourth-order valence-electron chi connectivity index (χ4n) is 3.60. The van der Waals surface area contributed by atoms with E-state index in [1.165, 1.54) is 28.6 Å². The molecule has 0 spiro atoms. The van der Waals surface area contributed by atoms with E-state index in [0.29, 0.717) is 46.6 Å². The first-order valence-corrected chi connectivity index (χ1v) is 11.3. The molecular formula is C22H22FN3O4S. The Bertz CT molecular complexity index is 1270. The summed E-state index contributed by atoms with van der Waals surface area (Å²) < 4.78 is 46.4. The molecule has 0 atom stereocenters. The van der Waals surface area contributed by atoms with Gasteiger partial charge in [-0.25, -0.2) is 12.8 Å². The van der Waals surface area contributed by atoms with Crippen molar-refractivity contribution in [3.63, 3.8) is 0 Å². The quantitative estimate of drug-likeness (QED) is 0.669. The Balaban J connectivity index is 1.67. The van der Waals surface area contributed by atoms with E-state index in [9.17, 15) is 17.6 Å². The number of sulfonamides is 1. The maximum atomic E-state index is 13.6. The summed E-state index contributed by atoms with van der Waals surface area (Å²) in [6, 6.07) is 10.5. The third-order valence-electron chi connectivity index (χ3n) is 5.18. The summed E-state index contributed by atoms with van der Waals surface area (Å²) in [6.07, 6.45) is 0. The molecule has 3 aromatic rings. The minimum absolute atomic E-state index is 0.144. The number of aromatic nitrogens is 1. The average molecular weight is 444 g/mol. The second-order valence-electron chi connectivity index (χ2n) is 7.42. The average Bonchev–Trinajstić information content (AvgIpc) is 2.74. The number of fused-ring (bicyclic) bond motifs is 1. The van der Waals surface area contributed by atoms with Gasteiger partial charge in [0.25, 0.3) is 5.91 Å². The fraction of sp³-hybridized carbons (Fsp3) is 0.273. The smallest absolute Gasteiger partial charge is 0.256 e. The van der Waals surface area contributed by atoms with Crippen molar-refractivity contribution >= 4 is 32.5 Å². The maximum absolute atomic E-state index is 13.6. The topological polar surface area (TPSA) is 88.6 Å². The van der Waals surface area contributed by atoms with Crippen LogP contribution in [0, 0.1) is 19.7 Å². The summed E-state index contributed by atoms with van der Waals surface area (Å²) in [5.41, 5.74) is 2.23. The van der Waals surface area contributed by atoms with E-state index in [4.69, 9.17) is 4.74 Å². The van der Waals surface area contributed by atoms with Crippen molar-refractivity contribution < 1.29 is 22.3 Å². The van der Waals surface area contributed by atoms with E-state index in [-0.39, 0.29) is 18.0 Å². The summed E-state index contributed by atoms with van der Waals surface area (Å²) in [6.45, 7) is 4.72. The van der Waals surface area contributed by atoms with Crippen molar-refractivity contribution in [2.24, 2.45) is 0 Å². The van der Waals surface area contributed by atoms with E-state index in [1.807, 2.05) is 0 Å². The molecule has 0 radical (unpaired) electrons. The third-order valence-corrected chi connectivity index (χ3v) is 7.22. The number of hydrogen-bond acceptors (Lipinski definition) is 5. The highest BCUT2D eigenvalue weighted by Gasteiger charge is 2.28. The van der Waals surface area contributed by atoms with Crippen molar-refractivity contribution in [3.05, 3.63) is 65.1 Å². The number of amides is 1. The number of benzene rings is 2. The monoisotopic (exact) mass is 443 g/mol. The predicted octanol–water partition coefficient (Wildman–Crippen LogP) is 3.26. The van der Waals surface area contributed by atoms with E-state index in [2.05, 4.69) is 10.3 Å². The summed E-state index contributed by atoms with van der Waals surface area (Å²) in [7, 11) is -3.71. The number of nitrogens with one attached hydrogen (secondary N) is 1. The van der Waals surface area contributed by atoms with Crippen LogP contribution >= 0.6 is 0 Å². The minimum atomic E-state index is -3.71. The second-order valence-corrected chi connectivity index (χ2v) is 9.33. The van der Waals surface area contributed by atoms with E-state index in [1.54, 1.807) is 32.0 Å². The molecule has 9 heteroatoms. The van der Waals surface area contributed by atoms with Crippen molar-refractivity contribution in [1.29, 1.82) is 0 Å². The highest BCUT2D eigenvalue weighted by Crippen LogP contribution is 2.26. The number of nitrogens with zero attached hydrogens (tertiary/aromatic N) is 2. The molecule has 1 aliphatic rings. The number of anilines is 1. The minimum Gasteiger partial charge on any atom is -0.379 e. The zero-order valence-corrected chi connectivity index (χ0v) is 18.0. The van der Waals surface area contributed by atoms with Crippen molar-refractivity contribution in [3.8, 4) is 0 Å². The Morgan fingerprint density at radius 1 is 1.10 bits per heavy atom. The number of hydrogen-bond donors (Lipinski definition) is 1. The molecule has 0 saturated carbocycles. The standard InChI is InChI=1S/C22H22FN3O4S/c1-14-3-5-17(13-21(14)31(28,29)26-7-9-30-10-8-26)25-22(27)19-11-15(2)24-20-12-16(23)4-6-18(19)20/h3-6,11-13H,7-10H2,1-2H3,(H,25,27). The second kappa shape index (κ2) is 8.33. The lowest BCUT2D eigenvalue weighted by atomic mass is 10.1. The normalized spacial score (nSPS) is 15.2. The lowest BCUT2D eigenvalue weighted by Gasteiger charge is -2.26. The third kappa shape index (κ3) is 4.30. The van der Waals surface area contributed by atoms with Crippen molar-refractivity contribution in [2.45, 2.75) is 18.7 Å². The fourth-order valence-corrected chi connectivity index (χ4v) is 5.26. The SMILES string of the molecule is Cc1cc(C(=O)Nc2ccc(C)c(S(=O)(=O)N3CCOCC3)c2)c2ccc(F)cc2n1. The molecule has 0 unspecified atom stereocenters. The van der Waals surface area contributed by atoms with Crippen LogP contribution in [0.4, 0.5) is 10.1 Å². The van der Waals surface area contributed by atoms with Crippen LogP contribution in [0.2, 0.25) is 0 Å². The van der Waals surface area contributed by atoms with Gasteiger partial charge in [0.05, 0.1) is 29.2 Å². The Kier molecular flexibility index (Phi) is 5.74. The molecule has 162 valence electrons. The number of aryl methyl sites for hydroxylation is 2. The maximum Gasteiger partial charge on any atom is 0.256 e. The van der Waals surface area contributed by atoms with Gasteiger partial charge in [-0.3, -0.25) is 9.78 Å². The van der Waals surface area contributed by atoms with Gasteiger partial charge in [-0.2, -0.15) is 4.31 Å². The first-order valence-electron chi connectivity index (χ1n) is 9.82. The first kappa shape index (κ1) is 21.4. The van der Waals surface area contributed by atoms with Crippen LogP contribution < -0.4 is 5.32 Å². The van der Waals surface area contributed by atoms with Crippen LogP contribution in [0.5, 0.6) is 0 Å². The van der Waals surface area contributed by atoms with Crippen LogP contribution in [-0.2, 0) is 14.8 Å². The zero-order valence-electron chi connectivity index (χ0n) is 17.2. The van der Waals surface area contributed by atoms with Crippen molar-refractivity contribution in [2.75, 3.05) is 31.6 Å². The van der Waals surface area contributed by atoms with Gasteiger partial charge in [0.1, 0.15) is 5.82 Å². The Hall–Kier alpha value is -2.88. The lowest BCUT2D eigenvalue weighted by Crippen LogP contribution is -2.40. The Morgan fingerprint density at radius 3 is 2.58 bits per heavy atom. The van der Waals surface area contributed by atoms with Gasteiger partial charge < -0.3 is 10.1 Å². The van der Waals surface area contributed by atoms with Crippen LogP contribution in [0.25, 0.3) is 10.9 Å². The van der Waals surface area contributed by atoms with E-state index >= 15 is 0 Å². The molecule has 2 aromatic carbocycles. The van der Waals surface area contributed by atoms with Gasteiger partial charge in [-0.15, -0.1) is 0 Å². The van der Waals surface area contributed by atoms with Crippen LogP contribution in [0.1, 0.15) is 21.6 Å². The summed E-state index contributed by atoms with van der Waals surface area (Å²) in [5, 5.41) is 3.28. The number of rotatable bonds is 4. The largest absolute Gasteiger partial charge is 0.379 e. The Labute approximate surface area is 179 Å². The number of halogens is 1.